The van der Waals surface area contributed by atoms with Gasteiger partial charge < -0.3 is 10.4 Å². The molecule has 0 atom stereocenters. The maximum atomic E-state index is 10.5. The molecular weight excluding hydrogens is 204 g/mol. The number of nitrogens with zero attached hydrogens (tertiary/aromatic N) is 1. The van der Waals surface area contributed by atoms with Crippen molar-refractivity contribution in [2.24, 2.45) is 0 Å². The van der Waals surface area contributed by atoms with Gasteiger partial charge in [-0.05, 0) is 24.4 Å². The van der Waals surface area contributed by atoms with Gasteiger partial charge in [0.25, 0.3) is 0 Å². The average molecular weight is 216 g/mol. The number of nitrogens with one attached hydrogen (secondary N) is 1. The molecule has 16 heavy (non-hydrogen) atoms. The zero-order chi connectivity index (χ0) is 11.5. The second-order valence-corrected chi connectivity index (χ2v) is 3.63. The maximum absolute atomic E-state index is 10.5. The van der Waals surface area contributed by atoms with E-state index in [-0.39, 0.29) is 6.54 Å². The molecule has 0 fully saturated rings. The van der Waals surface area contributed by atoms with Gasteiger partial charge in [0.05, 0.1) is 0 Å². The van der Waals surface area contributed by atoms with Crippen LogP contribution in [-0.2, 0) is 4.79 Å². The lowest BCUT2D eigenvalue weighted by Gasteiger charge is -2.07. The molecule has 0 saturated heterocycles. The van der Waals surface area contributed by atoms with Crippen molar-refractivity contribution < 1.29 is 9.90 Å². The van der Waals surface area contributed by atoms with Crippen molar-refractivity contribution in [2.75, 3.05) is 11.9 Å². The Kier molecular flexibility index (Phi) is 2.72. The van der Waals surface area contributed by atoms with Crippen LogP contribution in [0, 0.1) is 6.92 Å². The number of fused-ring (bicyclic) bond motifs is 1. The number of aliphatic carboxylic acids is 1. The zero-order valence-electron chi connectivity index (χ0n) is 8.90. The smallest absolute Gasteiger partial charge is 0.322 e. The van der Waals surface area contributed by atoms with Gasteiger partial charge in [0.1, 0.15) is 12.4 Å². The molecule has 0 radical (unpaired) electrons. The van der Waals surface area contributed by atoms with Crippen molar-refractivity contribution in [1.82, 2.24) is 4.98 Å². The highest BCUT2D eigenvalue weighted by atomic mass is 16.4. The van der Waals surface area contributed by atoms with E-state index in [0.29, 0.717) is 5.82 Å². The molecule has 82 valence electrons. The van der Waals surface area contributed by atoms with Crippen LogP contribution in [0.5, 0.6) is 0 Å². The summed E-state index contributed by atoms with van der Waals surface area (Å²) in [5.74, 6) is -0.282. The lowest BCUT2D eigenvalue weighted by atomic mass is 10.1. The first-order valence-corrected chi connectivity index (χ1v) is 4.98. The highest BCUT2D eigenvalue weighted by Crippen LogP contribution is 2.21. The summed E-state index contributed by atoms with van der Waals surface area (Å²) in [6.07, 6.45) is 1.67. The summed E-state index contributed by atoms with van der Waals surface area (Å²) in [4.78, 5) is 14.6. The van der Waals surface area contributed by atoms with E-state index in [0.717, 1.165) is 16.3 Å². The van der Waals surface area contributed by atoms with Gasteiger partial charge in [-0.2, -0.15) is 0 Å². The molecule has 2 N–H and O–H groups in total. The van der Waals surface area contributed by atoms with Crippen LogP contribution in [0.2, 0.25) is 0 Å². The third kappa shape index (κ3) is 2.11. The van der Waals surface area contributed by atoms with E-state index in [1.165, 1.54) is 0 Å². The van der Waals surface area contributed by atoms with Crippen molar-refractivity contribution in [3.05, 3.63) is 36.0 Å². The summed E-state index contributed by atoms with van der Waals surface area (Å²) >= 11 is 0. The Labute approximate surface area is 92.9 Å². The molecule has 1 aromatic carbocycles. The fourth-order valence-electron chi connectivity index (χ4n) is 1.58. The van der Waals surface area contributed by atoms with Gasteiger partial charge in [-0.25, -0.2) is 4.98 Å². The number of pyridine rings is 1. The molecule has 1 heterocycles. The molecule has 4 heteroatoms. The van der Waals surface area contributed by atoms with E-state index in [1.54, 1.807) is 6.20 Å². The Hall–Kier alpha value is -2.10. The lowest BCUT2D eigenvalue weighted by molar-refractivity contribution is -0.134. The SMILES string of the molecule is Cc1ccc2ccnc(NCC(=O)O)c2c1. The number of benzene rings is 1. The number of rotatable bonds is 3. The van der Waals surface area contributed by atoms with Crippen LogP contribution in [-0.4, -0.2) is 22.6 Å². The molecule has 0 spiro atoms. The monoisotopic (exact) mass is 216 g/mol. The third-order valence-electron chi connectivity index (χ3n) is 2.33. The van der Waals surface area contributed by atoms with Gasteiger partial charge in [0, 0.05) is 11.6 Å². The van der Waals surface area contributed by atoms with E-state index in [4.69, 9.17) is 5.11 Å². The van der Waals surface area contributed by atoms with Gasteiger partial charge in [0.2, 0.25) is 0 Å². The molecule has 0 aliphatic rings. The van der Waals surface area contributed by atoms with E-state index in [1.807, 2.05) is 31.2 Å². The van der Waals surface area contributed by atoms with E-state index in [9.17, 15) is 4.79 Å². The molecule has 4 nitrogen and oxygen atoms in total. The maximum Gasteiger partial charge on any atom is 0.322 e. The van der Waals surface area contributed by atoms with Gasteiger partial charge in [-0.3, -0.25) is 4.79 Å². The van der Waals surface area contributed by atoms with Crippen LogP contribution in [0.4, 0.5) is 5.82 Å². The molecule has 1 aromatic heterocycles. The molecule has 0 unspecified atom stereocenters. The molecule has 0 bridgehead atoms. The molecule has 0 saturated carbocycles. The van der Waals surface area contributed by atoms with Crippen molar-refractivity contribution in [1.29, 1.82) is 0 Å². The first-order chi connectivity index (χ1) is 7.66. The quantitative estimate of drug-likeness (QED) is 0.824. The summed E-state index contributed by atoms with van der Waals surface area (Å²) < 4.78 is 0. The number of carbonyl (C=O) groups is 1. The summed E-state index contributed by atoms with van der Waals surface area (Å²) in [5, 5.41) is 13.4. The highest BCUT2D eigenvalue weighted by molar-refractivity contribution is 5.93. The van der Waals surface area contributed by atoms with Crippen LogP contribution >= 0.6 is 0 Å². The Morgan fingerprint density at radius 1 is 1.44 bits per heavy atom. The van der Waals surface area contributed by atoms with Gasteiger partial charge in [-0.15, -0.1) is 0 Å². The normalized spacial score (nSPS) is 10.3. The minimum absolute atomic E-state index is 0.125. The van der Waals surface area contributed by atoms with Crippen LogP contribution in [0.3, 0.4) is 0 Å². The number of anilines is 1. The Balaban J connectivity index is 2.43. The van der Waals surface area contributed by atoms with Crippen molar-refractivity contribution >= 4 is 22.6 Å². The predicted molar refractivity (Wildman–Crippen MR) is 62.6 cm³/mol. The molecule has 2 rings (SSSR count). The number of hydrogen-bond acceptors (Lipinski definition) is 3. The Bertz CT molecular complexity index is 538. The van der Waals surface area contributed by atoms with Crippen LogP contribution in [0.15, 0.2) is 30.5 Å². The second-order valence-electron chi connectivity index (χ2n) is 3.63. The van der Waals surface area contributed by atoms with Gasteiger partial charge in [0.15, 0.2) is 0 Å². The third-order valence-corrected chi connectivity index (χ3v) is 2.33. The Morgan fingerprint density at radius 2 is 2.25 bits per heavy atom. The number of hydrogen-bond donors (Lipinski definition) is 2. The van der Waals surface area contributed by atoms with Crippen LogP contribution < -0.4 is 5.32 Å². The van der Waals surface area contributed by atoms with E-state index >= 15 is 0 Å². The fraction of sp³-hybridized carbons (Fsp3) is 0.167. The van der Waals surface area contributed by atoms with Gasteiger partial charge in [-0.1, -0.05) is 17.7 Å². The van der Waals surface area contributed by atoms with Crippen LogP contribution in [0.1, 0.15) is 5.56 Å². The summed E-state index contributed by atoms with van der Waals surface area (Å²) in [7, 11) is 0. The molecule has 0 amide bonds. The van der Waals surface area contributed by atoms with Crippen LogP contribution in [0.25, 0.3) is 10.8 Å². The summed E-state index contributed by atoms with van der Waals surface area (Å²) in [6.45, 7) is 1.87. The lowest BCUT2D eigenvalue weighted by Crippen LogP contribution is -2.13. The summed E-state index contributed by atoms with van der Waals surface area (Å²) in [5.41, 5.74) is 1.12. The standard InChI is InChI=1S/C12H12N2O2/c1-8-2-3-9-4-5-13-12(10(9)6-8)14-7-11(15)16/h2-6H,7H2,1H3,(H,13,14)(H,15,16). The minimum atomic E-state index is -0.897. The Morgan fingerprint density at radius 3 is 3.00 bits per heavy atom. The summed E-state index contributed by atoms with van der Waals surface area (Å²) in [6, 6.07) is 7.91. The number of carboxylic acids is 1. The molecular formula is C12H12N2O2. The average Bonchev–Trinajstić information content (AvgIpc) is 2.26. The van der Waals surface area contributed by atoms with E-state index in [2.05, 4.69) is 10.3 Å². The first-order valence-electron chi connectivity index (χ1n) is 4.98. The van der Waals surface area contributed by atoms with E-state index < -0.39 is 5.97 Å². The topological polar surface area (TPSA) is 62.2 Å². The fourth-order valence-corrected chi connectivity index (χ4v) is 1.58. The number of aromatic nitrogens is 1. The van der Waals surface area contributed by atoms with Crippen molar-refractivity contribution in [3.63, 3.8) is 0 Å². The predicted octanol–water partition coefficient (Wildman–Crippen LogP) is 2.04. The molecule has 0 aliphatic carbocycles. The van der Waals surface area contributed by atoms with Crippen molar-refractivity contribution in [3.8, 4) is 0 Å². The van der Waals surface area contributed by atoms with Crippen molar-refractivity contribution in [2.45, 2.75) is 6.92 Å². The number of aryl methyl sites for hydroxylation is 1. The largest absolute Gasteiger partial charge is 0.480 e. The molecule has 2 aromatic rings. The minimum Gasteiger partial charge on any atom is -0.480 e. The highest BCUT2D eigenvalue weighted by Gasteiger charge is 2.03. The van der Waals surface area contributed by atoms with Gasteiger partial charge >= 0.3 is 5.97 Å². The number of carboxylic acid groups (broad SMARTS) is 1. The molecule has 0 aliphatic heterocycles. The zero-order valence-corrected chi connectivity index (χ0v) is 8.90. The first kappa shape index (κ1) is 10.4. The second kappa shape index (κ2) is 4.18.